The maximum absolute atomic E-state index is 12.1. The lowest BCUT2D eigenvalue weighted by atomic mass is 9.89. The predicted octanol–water partition coefficient (Wildman–Crippen LogP) is 3.76. The lowest BCUT2D eigenvalue weighted by Crippen LogP contribution is -2.38. The predicted molar refractivity (Wildman–Crippen MR) is 81.7 cm³/mol. The van der Waals surface area contributed by atoms with Gasteiger partial charge in [0.15, 0.2) is 5.78 Å². The zero-order valence-corrected chi connectivity index (χ0v) is 13.4. The smallest absolute Gasteiger partial charge is 0.166 e. The maximum atomic E-state index is 12.1. The molecule has 1 aromatic rings. The minimum absolute atomic E-state index is 0.0874. The molecule has 0 radical (unpaired) electrons. The van der Waals surface area contributed by atoms with Gasteiger partial charge in [0.1, 0.15) is 0 Å². The van der Waals surface area contributed by atoms with E-state index in [1.807, 2.05) is 20.8 Å². The molecule has 3 rings (SSSR count). The molecule has 116 valence electrons. The number of Topliss-reactive ketones (excluding diaryl/α,β-unsaturated/α-hetero) is 1. The van der Waals surface area contributed by atoms with Gasteiger partial charge in [-0.25, -0.2) is 0 Å². The van der Waals surface area contributed by atoms with Gasteiger partial charge in [-0.3, -0.25) is 9.48 Å². The first-order chi connectivity index (χ1) is 10.1. The third kappa shape index (κ3) is 2.54. The number of hydrogen-bond donors (Lipinski definition) is 0. The Labute approximate surface area is 126 Å². The van der Waals surface area contributed by atoms with Gasteiger partial charge < -0.3 is 4.74 Å². The van der Waals surface area contributed by atoms with Crippen molar-refractivity contribution in [1.29, 1.82) is 0 Å². The zero-order valence-electron chi connectivity index (χ0n) is 13.4. The van der Waals surface area contributed by atoms with Crippen molar-refractivity contribution in [3.63, 3.8) is 0 Å². The average molecular weight is 290 g/mol. The summed E-state index contributed by atoms with van der Waals surface area (Å²) in [6.45, 7) is 6.73. The molecule has 0 aromatic carbocycles. The number of nitrogens with zero attached hydrogens (tertiary/aromatic N) is 2. The van der Waals surface area contributed by atoms with E-state index in [4.69, 9.17) is 9.84 Å². The van der Waals surface area contributed by atoms with Crippen LogP contribution in [-0.4, -0.2) is 27.8 Å². The first-order valence-electron chi connectivity index (χ1n) is 8.29. The zero-order chi connectivity index (χ0) is 15.0. The van der Waals surface area contributed by atoms with Crippen molar-refractivity contribution in [2.24, 2.45) is 0 Å². The molecule has 0 N–H and O–H groups in total. The second-order valence-electron chi connectivity index (χ2n) is 6.65. The summed E-state index contributed by atoms with van der Waals surface area (Å²) in [6, 6.07) is 0.383. The van der Waals surface area contributed by atoms with E-state index < -0.39 is 0 Å². The van der Waals surface area contributed by atoms with Crippen LogP contribution in [0, 0.1) is 13.8 Å². The van der Waals surface area contributed by atoms with Crippen LogP contribution >= 0.6 is 0 Å². The standard InChI is InChI=1S/C17H26N2O2/c1-4-15(20)16-12(2)18-19(13(16)3)14-7-10-21-17(11-14)8-5-6-9-17/h14H,4-11H2,1-3H3. The molecular formula is C17H26N2O2. The summed E-state index contributed by atoms with van der Waals surface area (Å²) in [5, 5.41) is 4.70. The number of rotatable bonds is 3. The van der Waals surface area contributed by atoms with E-state index in [2.05, 4.69) is 4.68 Å². The van der Waals surface area contributed by atoms with Crippen LogP contribution in [0.1, 0.15) is 79.7 Å². The van der Waals surface area contributed by atoms with Crippen molar-refractivity contribution in [3.8, 4) is 0 Å². The minimum atomic E-state index is 0.0874. The number of aryl methyl sites for hydroxylation is 1. The Morgan fingerprint density at radius 2 is 2.10 bits per heavy atom. The number of carbonyl (C=O) groups excluding carboxylic acids is 1. The summed E-state index contributed by atoms with van der Waals surface area (Å²) < 4.78 is 8.23. The van der Waals surface area contributed by atoms with Gasteiger partial charge >= 0.3 is 0 Å². The molecule has 1 aliphatic heterocycles. The maximum Gasteiger partial charge on any atom is 0.166 e. The van der Waals surface area contributed by atoms with Crippen LogP contribution in [0.4, 0.5) is 0 Å². The summed E-state index contributed by atoms with van der Waals surface area (Å²) >= 11 is 0. The van der Waals surface area contributed by atoms with Gasteiger partial charge in [-0.1, -0.05) is 19.8 Å². The second-order valence-corrected chi connectivity index (χ2v) is 6.65. The van der Waals surface area contributed by atoms with Gasteiger partial charge in [0.25, 0.3) is 0 Å². The van der Waals surface area contributed by atoms with Crippen LogP contribution in [0.3, 0.4) is 0 Å². The highest BCUT2D eigenvalue weighted by molar-refractivity contribution is 5.97. The highest BCUT2D eigenvalue weighted by Crippen LogP contribution is 2.43. The number of ketones is 1. The van der Waals surface area contributed by atoms with E-state index in [1.54, 1.807) is 0 Å². The number of aromatic nitrogens is 2. The van der Waals surface area contributed by atoms with Crippen molar-refractivity contribution in [3.05, 3.63) is 17.0 Å². The van der Waals surface area contributed by atoms with Gasteiger partial charge in [0.2, 0.25) is 0 Å². The van der Waals surface area contributed by atoms with Crippen molar-refractivity contribution in [1.82, 2.24) is 9.78 Å². The van der Waals surface area contributed by atoms with Crippen LogP contribution in [-0.2, 0) is 4.74 Å². The normalized spacial score (nSPS) is 24.6. The number of ether oxygens (including phenoxy) is 1. The third-order valence-electron chi connectivity index (χ3n) is 5.25. The fourth-order valence-corrected chi connectivity index (χ4v) is 4.18. The molecule has 1 saturated carbocycles. The Kier molecular flexibility index (Phi) is 3.91. The van der Waals surface area contributed by atoms with Gasteiger partial charge in [0.05, 0.1) is 22.9 Å². The van der Waals surface area contributed by atoms with Crippen molar-refractivity contribution in [2.75, 3.05) is 6.61 Å². The summed E-state index contributed by atoms with van der Waals surface area (Å²) in [4.78, 5) is 12.1. The van der Waals surface area contributed by atoms with E-state index >= 15 is 0 Å². The van der Waals surface area contributed by atoms with Gasteiger partial charge in [-0.05, 0) is 39.5 Å². The molecule has 1 atom stereocenters. The Morgan fingerprint density at radius 1 is 1.38 bits per heavy atom. The molecule has 2 heterocycles. The highest BCUT2D eigenvalue weighted by Gasteiger charge is 2.41. The minimum Gasteiger partial charge on any atom is -0.375 e. The molecule has 4 heteroatoms. The molecule has 1 aromatic heterocycles. The molecule has 1 spiro atoms. The molecule has 0 amide bonds. The second kappa shape index (κ2) is 5.56. The Balaban J connectivity index is 1.88. The molecule has 4 nitrogen and oxygen atoms in total. The van der Waals surface area contributed by atoms with Crippen LogP contribution in [0.2, 0.25) is 0 Å². The van der Waals surface area contributed by atoms with Crippen LogP contribution in [0.5, 0.6) is 0 Å². The van der Waals surface area contributed by atoms with Crippen LogP contribution in [0.25, 0.3) is 0 Å². The summed E-state index contributed by atoms with van der Waals surface area (Å²) in [7, 11) is 0. The van der Waals surface area contributed by atoms with Crippen molar-refractivity contribution >= 4 is 5.78 Å². The molecular weight excluding hydrogens is 264 g/mol. The van der Waals surface area contributed by atoms with Crippen molar-refractivity contribution in [2.45, 2.75) is 77.4 Å². The Hall–Kier alpha value is -1.16. The molecule has 2 fully saturated rings. The fourth-order valence-electron chi connectivity index (χ4n) is 4.18. The average Bonchev–Trinajstić information content (AvgIpc) is 3.03. The lowest BCUT2D eigenvalue weighted by molar-refractivity contribution is -0.0912. The van der Waals surface area contributed by atoms with E-state index in [0.29, 0.717) is 12.5 Å². The van der Waals surface area contributed by atoms with Crippen molar-refractivity contribution < 1.29 is 9.53 Å². The first-order valence-corrected chi connectivity index (χ1v) is 8.29. The third-order valence-corrected chi connectivity index (χ3v) is 5.25. The van der Waals surface area contributed by atoms with E-state index in [1.165, 1.54) is 25.7 Å². The summed E-state index contributed by atoms with van der Waals surface area (Å²) in [6.07, 6.45) is 7.53. The van der Waals surface area contributed by atoms with Gasteiger partial charge in [0, 0.05) is 18.7 Å². The Bertz CT molecular complexity index is 541. The SMILES string of the molecule is CCC(=O)c1c(C)nn(C2CCOC3(CCCC3)C2)c1C. The van der Waals surface area contributed by atoms with Crippen LogP contribution in [0.15, 0.2) is 0 Å². The molecule has 1 unspecified atom stereocenters. The fraction of sp³-hybridized carbons (Fsp3) is 0.765. The van der Waals surface area contributed by atoms with E-state index in [-0.39, 0.29) is 11.4 Å². The van der Waals surface area contributed by atoms with Gasteiger partial charge in [-0.15, -0.1) is 0 Å². The highest BCUT2D eigenvalue weighted by atomic mass is 16.5. The molecule has 21 heavy (non-hydrogen) atoms. The molecule has 0 bridgehead atoms. The number of hydrogen-bond acceptors (Lipinski definition) is 3. The molecule has 2 aliphatic rings. The van der Waals surface area contributed by atoms with Crippen LogP contribution < -0.4 is 0 Å². The monoisotopic (exact) mass is 290 g/mol. The van der Waals surface area contributed by atoms with Gasteiger partial charge in [-0.2, -0.15) is 5.10 Å². The summed E-state index contributed by atoms with van der Waals surface area (Å²) in [5.74, 6) is 0.207. The molecule has 1 saturated heterocycles. The molecule has 1 aliphatic carbocycles. The quantitative estimate of drug-likeness (QED) is 0.796. The van der Waals surface area contributed by atoms with E-state index in [9.17, 15) is 4.79 Å². The Morgan fingerprint density at radius 3 is 2.76 bits per heavy atom. The largest absolute Gasteiger partial charge is 0.375 e. The first kappa shape index (κ1) is 14.8. The van der Waals surface area contributed by atoms with E-state index in [0.717, 1.165) is 36.4 Å². The summed E-state index contributed by atoms with van der Waals surface area (Å²) in [5.41, 5.74) is 2.85. The number of carbonyl (C=O) groups is 1. The topological polar surface area (TPSA) is 44.1 Å². The lowest BCUT2D eigenvalue weighted by Gasteiger charge is -2.38.